The zero-order chi connectivity index (χ0) is 7.94. The molecule has 1 rings (SSSR count). The molecule has 0 aromatic heterocycles. The van der Waals surface area contributed by atoms with Crippen LogP contribution in [0, 0.1) is 0 Å². The van der Waals surface area contributed by atoms with Gasteiger partial charge in [-0.2, -0.15) is 0 Å². The maximum atomic E-state index is 10.8. The van der Waals surface area contributed by atoms with Crippen molar-refractivity contribution in [2.45, 2.75) is 12.8 Å². The molecule has 1 heterocycles. The summed E-state index contributed by atoms with van der Waals surface area (Å²) in [6.07, 6.45) is 6.23. The van der Waals surface area contributed by atoms with Crippen molar-refractivity contribution >= 4 is 17.7 Å². The van der Waals surface area contributed by atoms with E-state index in [2.05, 4.69) is 12.2 Å². The second-order valence-electron chi connectivity index (χ2n) is 2.35. The summed E-state index contributed by atoms with van der Waals surface area (Å²) in [5, 5.41) is 0. The van der Waals surface area contributed by atoms with Crippen LogP contribution in [0.2, 0.25) is 0 Å². The van der Waals surface area contributed by atoms with Gasteiger partial charge < -0.3 is 4.74 Å². The number of rotatable bonds is 0. The zero-order valence-corrected chi connectivity index (χ0v) is 7.23. The van der Waals surface area contributed by atoms with E-state index in [1.165, 1.54) is 0 Å². The smallest absolute Gasteiger partial charge is 0.315 e. The Morgan fingerprint density at radius 1 is 1.45 bits per heavy atom. The van der Waals surface area contributed by atoms with Crippen molar-refractivity contribution in [3.63, 3.8) is 0 Å². The molecule has 0 aromatic carbocycles. The molecule has 0 atom stereocenters. The Morgan fingerprint density at radius 2 is 2.36 bits per heavy atom. The number of hydrogen-bond donors (Lipinski definition) is 0. The van der Waals surface area contributed by atoms with Crippen molar-refractivity contribution in [1.82, 2.24) is 0 Å². The van der Waals surface area contributed by atoms with E-state index in [0.717, 1.165) is 18.6 Å². The van der Waals surface area contributed by atoms with Gasteiger partial charge in [0.15, 0.2) is 0 Å². The summed E-state index contributed by atoms with van der Waals surface area (Å²) in [6.45, 7) is 0.573. The predicted molar refractivity (Wildman–Crippen MR) is 46.7 cm³/mol. The van der Waals surface area contributed by atoms with Crippen molar-refractivity contribution in [1.29, 1.82) is 0 Å². The summed E-state index contributed by atoms with van der Waals surface area (Å²) in [4.78, 5) is 10.8. The number of hydrogen-bond acceptors (Lipinski definition) is 3. The van der Waals surface area contributed by atoms with Gasteiger partial charge >= 0.3 is 5.97 Å². The summed E-state index contributed by atoms with van der Waals surface area (Å²) < 4.78 is 4.92. The molecule has 3 heteroatoms. The zero-order valence-electron chi connectivity index (χ0n) is 6.41. The van der Waals surface area contributed by atoms with Crippen molar-refractivity contribution in [2.75, 3.05) is 18.1 Å². The molecule has 11 heavy (non-hydrogen) atoms. The first-order valence-corrected chi connectivity index (χ1v) is 4.93. The average molecular weight is 172 g/mol. The number of thioether (sulfide) groups is 1. The monoisotopic (exact) mass is 172 g/mol. The second kappa shape index (κ2) is 5.24. The predicted octanol–water partition coefficient (Wildman–Crippen LogP) is 1.61. The first kappa shape index (κ1) is 8.65. The molecule has 0 amide bonds. The minimum Gasteiger partial charge on any atom is -0.465 e. The normalized spacial score (nSPS) is 23.8. The highest BCUT2D eigenvalue weighted by molar-refractivity contribution is 8.00. The highest BCUT2D eigenvalue weighted by Crippen LogP contribution is 2.04. The van der Waals surface area contributed by atoms with E-state index in [1.54, 1.807) is 11.8 Å². The van der Waals surface area contributed by atoms with Crippen LogP contribution in [0.5, 0.6) is 0 Å². The van der Waals surface area contributed by atoms with E-state index in [1.807, 2.05) is 0 Å². The number of carbonyl (C=O) groups is 1. The van der Waals surface area contributed by atoms with Crippen LogP contribution in [-0.2, 0) is 9.53 Å². The molecule has 1 aliphatic heterocycles. The van der Waals surface area contributed by atoms with Gasteiger partial charge in [0.2, 0.25) is 0 Å². The molecule has 0 unspecified atom stereocenters. The maximum absolute atomic E-state index is 10.8. The first-order chi connectivity index (χ1) is 5.39. The molecule has 0 N–H and O–H groups in total. The number of carbonyl (C=O) groups excluding carboxylic acids is 1. The van der Waals surface area contributed by atoms with E-state index in [4.69, 9.17) is 4.74 Å². The molecule has 62 valence electrons. The van der Waals surface area contributed by atoms with E-state index in [9.17, 15) is 4.79 Å². The first-order valence-electron chi connectivity index (χ1n) is 3.78. The quantitative estimate of drug-likeness (QED) is 0.410. The fourth-order valence-electron chi connectivity index (χ4n) is 0.825. The van der Waals surface area contributed by atoms with Crippen LogP contribution in [0.15, 0.2) is 12.2 Å². The Hall–Kier alpha value is -0.440. The van der Waals surface area contributed by atoms with E-state index >= 15 is 0 Å². The van der Waals surface area contributed by atoms with Gasteiger partial charge in [0.25, 0.3) is 0 Å². The lowest BCUT2D eigenvalue weighted by Crippen LogP contribution is -2.09. The van der Waals surface area contributed by atoms with Crippen LogP contribution in [0.25, 0.3) is 0 Å². The second-order valence-corrected chi connectivity index (χ2v) is 3.38. The maximum Gasteiger partial charge on any atom is 0.315 e. The van der Waals surface area contributed by atoms with Gasteiger partial charge in [0.05, 0.1) is 12.4 Å². The number of ether oxygens (including phenoxy) is 1. The Balaban J connectivity index is 2.28. The Bertz CT molecular complexity index is 154. The minimum atomic E-state index is -0.0784. The fraction of sp³-hybridized carbons (Fsp3) is 0.625. The number of esters is 1. The highest BCUT2D eigenvalue weighted by Gasteiger charge is 2.01. The van der Waals surface area contributed by atoms with Gasteiger partial charge in [-0.25, -0.2) is 0 Å². The summed E-state index contributed by atoms with van der Waals surface area (Å²) in [6, 6.07) is 0. The molecule has 0 fully saturated rings. The lowest BCUT2D eigenvalue weighted by atomic mass is 10.3. The molecular weight excluding hydrogens is 160 g/mol. The minimum absolute atomic E-state index is 0.0784. The summed E-state index contributed by atoms with van der Waals surface area (Å²) >= 11 is 1.60. The van der Waals surface area contributed by atoms with Gasteiger partial charge in [-0.3, -0.25) is 4.79 Å². The lowest BCUT2D eigenvalue weighted by Gasteiger charge is -2.04. The third-order valence-corrected chi connectivity index (χ3v) is 2.25. The standard InChI is InChI=1S/C8H12O2S/c9-8-7-11-6-4-2-1-3-5-10-8/h2,4H,1,3,5-7H2/b4-2+. The molecule has 0 aliphatic carbocycles. The molecule has 1 aliphatic rings. The molecular formula is C8H12O2S. The third-order valence-electron chi connectivity index (χ3n) is 1.38. The Kier molecular flexibility index (Phi) is 4.12. The van der Waals surface area contributed by atoms with Crippen LogP contribution in [0.3, 0.4) is 0 Å². The van der Waals surface area contributed by atoms with Gasteiger partial charge in [-0.15, -0.1) is 11.8 Å². The van der Waals surface area contributed by atoms with E-state index in [0.29, 0.717) is 12.4 Å². The van der Waals surface area contributed by atoms with Gasteiger partial charge in [0.1, 0.15) is 0 Å². The largest absolute Gasteiger partial charge is 0.465 e. The number of cyclic esters (lactones) is 1. The van der Waals surface area contributed by atoms with E-state index in [-0.39, 0.29) is 5.97 Å². The molecule has 0 radical (unpaired) electrons. The average Bonchev–Trinajstić information content (AvgIpc) is 2.03. The summed E-state index contributed by atoms with van der Waals surface area (Å²) in [5.41, 5.74) is 0. The summed E-state index contributed by atoms with van der Waals surface area (Å²) in [7, 11) is 0. The van der Waals surface area contributed by atoms with Crippen molar-refractivity contribution in [2.24, 2.45) is 0 Å². The highest BCUT2D eigenvalue weighted by atomic mass is 32.2. The van der Waals surface area contributed by atoms with Gasteiger partial charge in [0, 0.05) is 5.75 Å². The van der Waals surface area contributed by atoms with Crippen LogP contribution in [0.4, 0.5) is 0 Å². The lowest BCUT2D eigenvalue weighted by molar-refractivity contribution is -0.140. The Labute approximate surface area is 71.0 Å². The molecule has 0 saturated heterocycles. The third kappa shape index (κ3) is 4.09. The van der Waals surface area contributed by atoms with Crippen LogP contribution >= 0.6 is 11.8 Å². The van der Waals surface area contributed by atoms with Gasteiger partial charge in [-0.1, -0.05) is 12.2 Å². The Morgan fingerprint density at radius 3 is 3.27 bits per heavy atom. The molecule has 0 bridgehead atoms. The molecule has 0 aromatic rings. The van der Waals surface area contributed by atoms with Crippen LogP contribution in [0.1, 0.15) is 12.8 Å². The fourth-order valence-corrected chi connectivity index (χ4v) is 1.47. The number of allylic oxidation sites excluding steroid dienone is 1. The van der Waals surface area contributed by atoms with Crippen LogP contribution in [-0.4, -0.2) is 24.1 Å². The van der Waals surface area contributed by atoms with Gasteiger partial charge in [-0.05, 0) is 12.8 Å². The van der Waals surface area contributed by atoms with Crippen molar-refractivity contribution < 1.29 is 9.53 Å². The van der Waals surface area contributed by atoms with Crippen molar-refractivity contribution in [3.8, 4) is 0 Å². The van der Waals surface area contributed by atoms with E-state index < -0.39 is 0 Å². The summed E-state index contributed by atoms with van der Waals surface area (Å²) in [5.74, 6) is 1.34. The van der Waals surface area contributed by atoms with Crippen molar-refractivity contribution in [3.05, 3.63) is 12.2 Å². The SMILES string of the molecule is O=C1CSC/C=C/CCCO1. The topological polar surface area (TPSA) is 26.3 Å². The molecule has 2 nitrogen and oxygen atoms in total. The molecule has 0 saturated carbocycles. The van der Waals surface area contributed by atoms with Crippen LogP contribution < -0.4 is 0 Å². The molecule has 0 spiro atoms.